The van der Waals surface area contributed by atoms with Gasteiger partial charge in [0.2, 0.25) is 0 Å². The number of sulfone groups is 1. The summed E-state index contributed by atoms with van der Waals surface area (Å²) in [7, 11) is -2.99. The molecule has 2 aliphatic rings. The molecule has 8 nitrogen and oxygen atoms in total. The van der Waals surface area contributed by atoms with Crippen LogP contribution in [0.5, 0.6) is 0 Å². The summed E-state index contributed by atoms with van der Waals surface area (Å²) >= 11 is 0. The van der Waals surface area contributed by atoms with E-state index < -0.39 is 55.9 Å². The van der Waals surface area contributed by atoms with Gasteiger partial charge in [0.1, 0.15) is 5.41 Å². The van der Waals surface area contributed by atoms with E-state index in [4.69, 9.17) is 4.74 Å². The molecule has 0 unspecified atom stereocenters. The molecule has 2 amide bonds. The Morgan fingerprint density at radius 1 is 0.968 bits per heavy atom. The molecule has 0 aromatic heterocycles. The minimum absolute atomic E-state index is 0.400. The fourth-order valence-electron chi connectivity index (χ4n) is 4.81. The van der Waals surface area contributed by atoms with E-state index in [1.807, 2.05) is 6.92 Å². The highest BCUT2D eigenvalue weighted by molar-refractivity contribution is 7.92. The number of ether oxygens (including phenoxy) is 1. The number of amides is 2. The molecule has 0 aliphatic carbocycles. The molecule has 3 atom stereocenters. The molecule has 2 N–H and O–H groups in total. The van der Waals surface area contributed by atoms with Gasteiger partial charge in [-0.25, -0.2) is 8.42 Å². The number of rotatable bonds is 3. The second kappa shape index (κ2) is 7.49. The molecule has 4 rings (SSSR count). The molecule has 2 aromatic carbocycles. The first-order chi connectivity index (χ1) is 14.7. The number of nitrogens with one attached hydrogen (secondary N) is 2. The van der Waals surface area contributed by atoms with Crippen LogP contribution in [-0.2, 0) is 29.0 Å². The molecule has 1 spiro atoms. The summed E-state index contributed by atoms with van der Waals surface area (Å²) in [5.74, 6) is -5.13. The lowest BCUT2D eigenvalue weighted by Crippen LogP contribution is -2.60. The second-order valence-corrected chi connectivity index (χ2v) is 10.1. The minimum atomic E-state index is -4.08. The van der Waals surface area contributed by atoms with E-state index in [2.05, 4.69) is 10.9 Å². The average molecular weight is 442 g/mol. The number of methoxy groups -OCH3 is 1. The van der Waals surface area contributed by atoms with E-state index in [1.165, 1.54) is 0 Å². The van der Waals surface area contributed by atoms with E-state index in [0.717, 1.165) is 12.7 Å². The third-order valence-electron chi connectivity index (χ3n) is 6.24. The smallest absolute Gasteiger partial charge is 0.324 e. The van der Waals surface area contributed by atoms with Crippen LogP contribution in [0.15, 0.2) is 54.6 Å². The van der Waals surface area contributed by atoms with Crippen molar-refractivity contribution in [3.05, 3.63) is 71.3 Å². The van der Waals surface area contributed by atoms with Crippen molar-refractivity contribution in [1.82, 2.24) is 10.9 Å². The van der Waals surface area contributed by atoms with Gasteiger partial charge in [0, 0.05) is 11.8 Å². The van der Waals surface area contributed by atoms with Crippen molar-refractivity contribution in [3.8, 4) is 0 Å². The molecule has 9 heteroatoms. The van der Waals surface area contributed by atoms with Gasteiger partial charge in [-0.3, -0.25) is 25.2 Å². The Morgan fingerprint density at radius 3 is 2.10 bits per heavy atom. The number of esters is 1. The van der Waals surface area contributed by atoms with Crippen molar-refractivity contribution in [2.75, 3.05) is 12.9 Å². The van der Waals surface area contributed by atoms with E-state index in [1.54, 1.807) is 54.6 Å². The topological polar surface area (TPSA) is 119 Å². The van der Waals surface area contributed by atoms with Gasteiger partial charge in [-0.2, -0.15) is 0 Å². The first-order valence-electron chi connectivity index (χ1n) is 9.75. The van der Waals surface area contributed by atoms with Gasteiger partial charge in [0.15, 0.2) is 15.1 Å². The maximum Gasteiger partial charge on any atom is 0.324 e. The largest absolute Gasteiger partial charge is 0.468 e. The third kappa shape index (κ3) is 3.11. The van der Waals surface area contributed by atoms with Crippen LogP contribution >= 0.6 is 0 Å². The SMILES string of the molecule is COC(=O)[C@H]1[C@H](c2ccc(C)cc2)C2(C(=O)NNC2=O)[C@H](c2ccccc2)CS1(=O)=O. The van der Waals surface area contributed by atoms with E-state index in [9.17, 15) is 22.8 Å². The number of carbonyl (C=O) groups is 3. The van der Waals surface area contributed by atoms with Crippen LogP contribution in [0.2, 0.25) is 0 Å². The quantitative estimate of drug-likeness (QED) is 0.540. The summed E-state index contributed by atoms with van der Waals surface area (Å²) < 4.78 is 31.6. The number of aryl methyl sites for hydroxylation is 1. The Hall–Kier alpha value is -3.20. The Kier molecular flexibility index (Phi) is 5.09. The molecule has 0 bridgehead atoms. The summed E-state index contributed by atoms with van der Waals surface area (Å²) in [4.78, 5) is 39.4. The molecule has 0 saturated carbocycles. The highest BCUT2D eigenvalue weighted by atomic mass is 32.2. The summed E-state index contributed by atoms with van der Waals surface area (Å²) in [6, 6.07) is 15.4. The standard InChI is InChI=1S/C22H22N2O6S/c1-13-8-10-15(11-9-13)17-18(19(25)30-2)31(28,29)12-16(14-6-4-3-5-7-14)22(17)20(26)23-24-21(22)27/h3-11,16-18H,12H2,1-2H3,(H,23,26)(H,24,27)/t16-,17-,18+/m0/s1. The number of hydrogen-bond acceptors (Lipinski definition) is 6. The predicted octanol–water partition coefficient (Wildman–Crippen LogP) is 0.980. The van der Waals surface area contributed by atoms with Gasteiger partial charge < -0.3 is 4.74 Å². The lowest BCUT2D eigenvalue weighted by atomic mass is 9.60. The Bertz CT molecular complexity index is 1130. The lowest BCUT2D eigenvalue weighted by Gasteiger charge is -2.46. The highest BCUT2D eigenvalue weighted by Crippen LogP contribution is 2.56. The third-order valence-corrected chi connectivity index (χ3v) is 8.28. The van der Waals surface area contributed by atoms with Gasteiger partial charge >= 0.3 is 5.97 Å². The molecular weight excluding hydrogens is 420 g/mol. The molecular formula is C22H22N2O6S. The monoisotopic (exact) mass is 442 g/mol. The van der Waals surface area contributed by atoms with Gasteiger partial charge in [-0.05, 0) is 18.1 Å². The molecule has 2 aliphatic heterocycles. The van der Waals surface area contributed by atoms with Crippen LogP contribution < -0.4 is 10.9 Å². The average Bonchev–Trinajstić information content (AvgIpc) is 3.05. The Morgan fingerprint density at radius 2 is 1.55 bits per heavy atom. The van der Waals surface area contributed by atoms with Crippen molar-refractivity contribution < 1.29 is 27.5 Å². The van der Waals surface area contributed by atoms with Crippen LogP contribution in [-0.4, -0.2) is 44.3 Å². The van der Waals surface area contributed by atoms with E-state index in [-0.39, 0.29) is 0 Å². The number of carbonyl (C=O) groups excluding carboxylic acids is 3. The number of benzene rings is 2. The van der Waals surface area contributed by atoms with Gasteiger partial charge in [0.25, 0.3) is 11.8 Å². The van der Waals surface area contributed by atoms with Crippen molar-refractivity contribution >= 4 is 27.6 Å². The molecule has 31 heavy (non-hydrogen) atoms. The summed E-state index contributed by atoms with van der Waals surface area (Å²) in [6.45, 7) is 1.86. The summed E-state index contributed by atoms with van der Waals surface area (Å²) in [5.41, 5.74) is 4.71. The first kappa shape index (κ1) is 21.0. The minimum Gasteiger partial charge on any atom is -0.468 e. The summed E-state index contributed by atoms with van der Waals surface area (Å²) in [6.07, 6.45) is 0. The zero-order valence-electron chi connectivity index (χ0n) is 17.0. The van der Waals surface area contributed by atoms with E-state index in [0.29, 0.717) is 11.1 Å². The maximum absolute atomic E-state index is 13.4. The van der Waals surface area contributed by atoms with Gasteiger partial charge in [-0.1, -0.05) is 60.2 Å². The van der Waals surface area contributed by atoms with Crippen LogP contribution in [0.3, 0.4) is 0 Å². The predicted molar refractivity (Wildman–Crippen MR) is 111 cm³/mol. The van der Waals surface area contributed by atoms with Crippen LogP contribution in [0, 0.1) is 12.3 Å². The fourth-order valence-corrected chi connectivity index (χ4v) is 7.11. The molecule has 2 heterocycles. The molecule has 0 radical (unpaired) electrons. The highest BCUT2D eigenvalue weighted by Gasteiger charge is 2.70. The van der Waals surface area contributed by atoms with Crippen molar-refractivity contribution in [2.45, 2.75) is 24.0 Å². The molecule has 2 fully saturated rings. The normalized spacial score (nSPS) is 26.2. The molecule has 162 valence electrons. The van der Waals surface area contributed by atoms with Crippen LogP contribution in [0.4, 0.5) is 0 Å². The van der Waals surface area contributed by atoms with Crippen LogP contribution in [0.25, 0.3) is 0 Å². The Labute approximate surface area is 179 Å². The van der Waals surface area contributed by atoms with Crippen molar-refractivity contribution in [1.29, 1.82) is 0 Å². The van der Waals surface area contributed by atoms with Crippen molar-refractivity contribution in [2.24, 2.45) is 5.41 Å². The molecule has 2 aromatic rings. The summed E-state index contributed by atoms with van der Waals surface area (Å²) in [5, 5.41) is -1.70. The van der Waals surface area contributed by atoms with Crippen LogP contribution in [0.1, 0.15) is 28.5 Å². The lowest BCUT2D eigenvalue weighted by molar-refractivity contribution is -0.145. The molecule has 2 saturated heterocycles. The Balaban J connectivity index is 2.06. The van der Waals surface area contributed by atoms with E-state index >= 15 is 0 Å². The number of hydrogen-bond donors (Lipinski definition) is 2. The maximum atomic E-state index is 13.4. The fraction of sp³-hybridized carbons (Fsp3) is 0.318. The number of hydrazine groups is 1. The van der Waals surface area contributed by atoms with Gasteiger partial charge in [-0.15, -0.1) is 0 Å². The van der Waals surface area contributed by atoms with Gasteiger partial charge in [0.05, 0.1) is 12.9 Å². The zero-order chi connectivity index (χ0) is 22.4. The second-order valence-electron chi connectivity index (χ2n) is 7.90. The first-order valence-corrected chi connectivity index (χ1v) is 11.5. The van der Waals surface area contributed by atoms with Crippen molar-refractivity contribution in [3.63, 3.8) is 0 Å². The zero-order valence-corrected chi connectivity index (χ0v) is 17.8.